The third kappa shape index (κ3) is 3.96. The molecular weight excluding hydrogens is 257 g/mol. The topological polar surface area (TPSA) is 12.0 Å². The predicted octanol–water partition coefficient (Wildman–Crippen LogP) is 4.78. The molecule has 2 rings (SSSR count). The smallest absolute Gasteiger partial charge is 0.123 e. The number of thioether (sulfide) groups is 1. The maximum Gasteiger partial charge on any atom is 0.123 e. The third-order valence-electron chi connectivity index (χ3n) is 4.05. The van der Waals surface area contributed by atoms with Crippen LogP contribution in [-0.4, -0.2) is 12.3 Å². The lowest BCUT2D eigenvalue weighted by Gasteiger charge is -2.27. The van der Waals surface area contributed by atoms with Crippen LogP contribution in [0.25, 0.3) is 0 Å². The van der Waals surface area contributed by atoms with E-state index in [1.54, 1.807) is 12.1 Å². The standard InChI is InChI=1S/C16H24FNS/c1-11-5-4-6-14(9-11)19-16-8-7-13(17)10-15(16)12(2)18-3/h7-8,10-12,14,18H,4-6,9H2,1-3H3. The van der Waals surface area contributed by atoms with Gasteiger partial charge in [-0.2, -0.15) is 0 Å². The minimum absolute atomic E-state index is 0.140. The number of benzene rings is 1. The van der Waals surface area contributed by atoms with Crippen LogP contribution < -0.4 is 5.32 Å². The van der Waals surface area contributed by atoms with Crippen LogP contribution in [0.4, 0.5) is 4.39 Å². The molecule has 1 aliphatic carbocycles. The molecule has 3 heteroatoms. The van der Waals surface area contributed by atoms with Crippen molar-refractivity contribution in [2.24, 2.45) is 5.92 Å². The maximum atomic E-state index is 13.4. The van der Waals surface area contributed by atoms with E-state index in [-0.39, 0.29) is 11.9 Å². The van der Waals surface area contributed by atoms with Gasteiger partial charge in [0.05, 0.1) is 0 Å². The van der Waals surface area contributed by atoms with Crippen LogP contribution in [0.3, 0.4) is 0 Å². The lowest BCUT2D eigenvalue weighted by molar-refractivity contribution is 0.394. The Kier molecular flexibility index (Phi) is 5.28. The molecule has 106 valence electrons. The molecular formula is C16H24FNS. The molecule has 3 unspecified atom stereocenters. The van der Waals surface area contributed by atoms with Crippen molar-refractivity contribution in [3.8, 4) is 0 Å². The summed E-state index contributed by atoms with van der Waals surface area (Å²) in [6.45, 7) is 4.43. The van der Waals surface area contributed by atoms with Crippen LogP contribution in [0.15, 0.2) is 23.1 Å². The van der Waals surface area contributed by atoms with Crippen molar-refractivity contribution in [2.75, 3.05) is 7.05 Å². The van der Waals surface area contributed by atoms with Crippen LogP contribution in [0, 0.1) is 11.7 Å². The average Bonchev–Trinajstić information content (AvgIpc) is 2.40. The molecule has 3 atom stereocenters. The van der Waals surface area contributed by atoms with Gasteiger partial charge in [0, 0.05) is 16.2 Å². The van der Waals surface area contributed by atoms with Crippen molar-refractivity contribution in [2.45, 2.75) is 55.7 Å². The number of rotatable bonds is 4. The molecule has 0 spiro atoms. The second kappa shape index (κ2) is 6.76. The Morgan fingerprint density at radius 1 is 1.37 bits per heavy atom. The van der Waals surface area contributed by atoms with Crippen LogP contribution in [0.5, 0.6) is 0 Å². The van der Waals surface area contributed by atoms with Gasteiger partial charge in [0.1, 0.15) is 5.82 Å². The van der Waals surface area contributed by atoms with Gasteiger partial charge in [-0.15, -0.1) is 11.8 Å². The first-order valence-electron chi connectivity index (χ1n) is 7.23. The summed E-state index contributed by atoms with van der Waals surface area (Å²) in [5, 5.41) is 3.91. The normalized spacial score (nSPS) is 25.3. The number of hydrogen-bond donors (Lipinski definition) is 1. The zero-order chi connectivity index (χ0) is 13.8. The van der Waals surface area contributed by atoms with Crippen molar-refractivity contribution >= 4 is 11.8 Å². The lowest BCUT2D eigenvalue weighted by atomic mass is 9.91. The highest BCUT2D eigenvalue weighted by atomic mass is 32.2. The molecule has 1 saturated carbocycles. The largest absolute Gasteiger partial charge is 0.313 e. The van der Waals surface area contributed by atoms with Crippen molar-refractivity contribution < 1.29 is 4.39 Å². The van der Waals surface area contributed by atoms with Gasteiger partial charge in [-0.25, -0.2) is 4.39 Å². The highest BCUT2D eigenvalue weighted by Crippen LogP contribution is 2.38. The molecule has 19 heavy (non-hydrogen) atoms. The lowest BCUT2D eigenvalue weighted by Crippen LogP contribution is -2.17. The summed E-state index contributed by atoms with van der Waals surface area (Å²) >= 11 is 1.94. The predicted molar refractivity (Wildman–Crippen MR) is 81.2 cm³/mol. The van der Waals surface area contributed by atoms with E-state index in [0.29, 0.717) is 5.25 Å². The summed E-state index contributed by atoms with van der Waals surface area (Å²) in [7, 11) is 1.92. The quantitative estimate of drug-likeness (QED) is 0.852. The van der Waals surface area contributed by atoms with Crippen LogP contribution in [0.2, 0.25) is 0 Å². The Morgan fingerprint density at radius 2 is 2.16 bits per heavy atom. The molecule has 0 amide bonds. The van der Waals surface area contributed by atoms with Crippen molar-refractivity contribution in [1.29, 1.82) is 0 Å². The van der Waals surface area contributed by atoms with Gasteiger partial charge in [-0.3, -0.25) is 0 Å². The minimum Gasteiger partial charge on any atom is -0.313 e. The first-order valence-corrected chi connectivity index (χ1v) is 8.11. The molecule has 0 bridgehead atoms. The fraction of sp³-hybridized carbons (Fsp3) is 0.625. The fourth-order valence-corrected chi connectivity index (χ4v) is 4.37. The summed E-state index contributed by atoms with van der Waals surface area (Å²) in [5.41, 5.74) is 1.09. The van der Waals surface area contributed by atoms with Gasteiger partial charge in [-0.05, 0) is 56.5 Å². The molecule has 0 aromatic heterocycles. The number of nitrogens with one attached hydrogen (secondary N) is 1. The van der Waals surface area contributed by atoms with Crippen LogP contribution >= 0.6 is 11.8 Å². The zero-order valence-electron chi connectivity index (χ0n) is 12.1. The van der Waals surface area contributed by atoms with Crippen molar-refractivity contribution in [3.63, 3.8) is 0 Å². The van der Waals surface area contributed by atoms with Gasteiger partial charge in [0.15, 0.2) is 0 Å². The van der Waals surface area contributed by atoms with E-state index in [4.69, 9.17) is 0 Å². The summed E-state index contributed by atoms with van der Waals surface area (Å²) in [6.07, 6.45) is 5.27. The summed E-state index contributed by atoms with van der Waals surface area (Å²) in [5.74, 6) is 0.690. The maximum absolute atomic E-state index is 13.4. The second-order valence-electron chi connectivity index (χ2n) is 5.70. The van der Waals surface area contributed by atoms with E-state index in [2.05, 4.69) is 19.2 Å². The highest BCUT2D eigenvalue weighted by molar-refractivity contribution is 8.00. The van der Waals surface area contributed by atoms with E-state index in [0.717, 1.165) is 11.5 Å². The van der Waals surface area contributed by atoms with Gasteiger partial charge < -0.3 is 5.32 Å². The van der Waals surface area contributed by atoms with Crippen LogP contribution in [-0.2, 0) is 0 Å². The first-order chi connectivity index (χ1) is 9.10. The zero-order valence-corrected chi connectivity index (χ0v) is 12.9. The average molecular weight is 281 g/mol. The molecule has 1 N–H and O–H groups in total. The van der Waals surface area contributed by atoms with Crippen molar-refractivity contribution in [1.82, 2.24) is 5.32 Å². The van der Waals surface area contributed by atoms with E-state index in [9.17, 15) is 4.39 Å². The molecule has 0 aliphatic heterocycles. The summed E-state index contributed by atoms with van der Waals surface area (Å²) in [4.78, 5) is 1.24. The molecule has 1 fully saturated rings. The Morgan fingerprint density at radius 3 is 2.84 bits per heavy atom. The molecule has 0 saturated heterocycles. The monoisotopic (exact) mass is 281 g/mol. The van der Waals surface area contributed by atoms with Gasteiger partial charge >= 0.3 is 0 Å². The molecule has 0 heterocycles. The van der Waals surface area contributed by atoms with Crippen LogP contribution in [0.1, 0.15) is 51.1 Å². The SMILES string of the molecule is CNC(C)c1cc(F)ccc1SC1CCCC(C)C1. The molecule has 1 nitrogen and oxygen atoms in total. The van der Waals surface area contributed by atoms with E-state index in [1.807, 2.05) is 24.9 Å². The molecule has 1 aromatic rings. The molecule has 1 aromatic carbocycles. The Bertz CT molecular complexity index is 421. The van der Waals surface area contributed by atoms with E-state index in [1.165, 1.54) is 30.6 Å². The minimum atomic E-state index is -0.140. The fourth-order valence-electron chi connectivity index (χ4n) is 2.79. The molecule has 0 radical (unpaired) electrons. The Labute approximate surface area is 120 Å². The Hall–Kier alpha value is -0.540. The number of hydrogen-bond acceptors (Lipinski definition) is 2. The highest BCUT2D eigenvalue weighted by Gasteiger charge is 2.21. The first kappa shape index (κ1) is 14.9. The van der Waals surface area contributed by atoms with Gasteiger partial charge in [0.25, 0.3) is 0 Å². The van der Waals surface area contributed by atoms with Gasteiger partial charge in [-0.1, -0.05) is 19.8 Å². The van der Waals surface area contributed by atoms with E-state index >= 15 is 0 Å². The Balaban J connectivity index is 2.14. The number of halogens is 1. The summed E-state index contributed by atoms with van der Waals surface area (Å²) < 4.78 is 13.4. The summed E-state index contributed by atoms with van der Waals surface area (Å²) in [6, 6.07) is 5.40. The molecule has 1 aliphatic rings. The van der Waals surface area contributed by atoms with E-state index < -0.39 is 0 Å². The second-order valence-corrected chi connectivity index (χ2v) is 7.05. The van der Waals surface area contributed by atoms with Gasteiger partial charge in [0.2, 0.25) is 0 Å². The van der Waals surface area contributed by atoms with Crippen molar-refractivity contribution in [3.05, 3.63) is 29.6 Å². The third-order valence-corrected chi connectivity index (χ3v) is 5.44.